The summed E-state index contributed by atoms with van der Waals surface area (Å²) in [6.45, 7) is 2.71. The van der Waals surface area contributed by atoms with Crippen LogP contribution in [-0.4, -0.2) is 49.3 Å². The quantitative estimate of drug-likeness (QED) is 0.530. The Kier molecular flexibility index (Phi) is 4.87. The third-order valence-electron chi connectivity index (χ3n) is 7.12. The first-order valence-electron chi connectivity index (χ1n) is 11.4. The predicted octanol–water partition coefficient (Wildman–Crippen LogP) is 3.58. The van der Waals surface area contributed by atoms with Crippen molar-refractivity contribution in [2.75, 3.05) is 30.9 Å². The van der Waals surface area contributed by atoms with E-state index in [1.807, 2.05) is 24.5 Å². The van der Waals surface area contributed by atoms with Gasteiger partial charge in [-0.3, -0.25) is 4.98 Å². The van der Waals surface area contributed by atoms with E-state index in [2.05, 4.69) is 19.9 Å². The smallest absolute Gasteiger partial charge is 0.225 e. The van der Waals surface area contributed by atoms with E-state index in [9.17, 15) is 8.42 Å². The summed E-state index contributed by atoms with van der Waals surface area (Å²) in [5.41, 5.74) is 2.94. The third-order valence-corrected chi connectivity index (χ3v) is 8.25. The van der Waals surface area contributed by atoms with Crippen molar-refractivity contribution in [1.82, 2.24) is 15.0 Å². The summed E-state index contributed by atoms with van der Waals surface area (Å²) >= 11 is 0. The number of benzene rings is 1. The average Bonchev–Trinajstić information content (AvgIpc) is 3.74. The minimum Gasteiger partial charge on any atom is -0.492 e. The molecule has 7 nitrogen and oxygen atoms in total. The van der Waals surface area contributed by atoms with Crippen LogP contribution in [0.25, 0.3) is 11.3 Å². The van der Waals surface area contributed by atoms with Crippen molar-refractivity contribution in [3.05, 3.63) is 60.6 Å². The Morgan fingerprint density at radius 3 is 2.21 bits per heavy atom. The Morgan fingerprint density at radius 2 is 1.64 bits per heavy atom. The van der Waals surface area contributed by atoms with Gasteiger partial charge in [0.05, 0.1) is 23.4 Å². The van der Waals surface area contributed by atoms with Crippen molar-refractivity contribution in [2.45, 2.75) is 23.7 Å². The standard InChI is InChI=1S/C25H26N4O3S/c1-33(30,31)20-7-4-17(5-8-20)24-9-6-19(12-26-24)32-15-23-21-13-29(14-22(21)23)25-27-10-18(11-28-25)16-2-3-16/h4-12,16,21-23H,2-3,13-15H2,1H3/t21-,22?,23+/m1/s1. The van der Waals surface area contributed by atoms with Gasteiger partial charge in [0.2, 0.25) is 5.95 Å². The molecule has 170 valence electrons. The third kappa shape index (κ3) is 4.19. The van der Waals surface area contributed by atoms with Crippen LogP contribution in [0.2, 0.25) is 0 Å². The molecular formula is C25H26N4O3S. The highest BCUT2D eigenvalue weighted by Gasteiger charge is 2.56. The number of sulfone groups is 1. The summed E-state index contributed by atoms with van der Waals surface area (Å²) in [5.74, 6) is 4.18. The molecule has 0 spiro atoms. The van der Waals surface area contributed by atoms with Gasteiger partial charge in [-0.2, -0.15) is 0 Å². The van der Waals surface area contributed by atoms with Crippen LogP contribution in [0.4, 0.5) is 5.95 Å². The van der Waals surface area contributed by atoms with Crippen molar-refractivity contribution < 1.29 is 13.2 Å². The zero-order valence-electron chi connectivity index (χ0n) is 18.5. The monoisotopic (exact) mass is 462 g/mol. The van der Waals surface area contributed by atoms with Crippen molar-refractivity contribution in [3.8, 4) is 17.0 Å². The molecule has 8 heteroatoms. The summed E-state index contributed by atoms with van der Waals surface area (Å²) in [6, 6.07) is 10.6. The molecule has 33 heavy (non-hydrogen) atoms. The Morgan fingerprint density at radius 1 is 0.939 bits per heavy atom. The fraction of sp³-hybridized carbons (Fsp3) is 0.400. The van der Waals surface area contributed by atoms with Gasteiger partial charge < -0.3 is 9.64 Å². The molecule has 2 aliphatic carbocycles. The van der Waals surface area contributed by atoms with Crippen molar-refractivity contribution in [1.29, 1.82) is 0 Å². The highest BCUT2D eigenvalue weighted by atomic mass is 32.2. The van der Waals surface area contributed by atoms with E-state index in [0.29, 0.717) is 35.2 Å². The van der Waals surface area contributed by atoms with Crippen LogP contribution in [0.3, 0.4) is 0 Å². The van der Waals surface area contributed by atoms with Gasteiger partial charge in [0.15, 0.2) is 9.84 Å². The number of ether oxygens (including phenoxy) is 1. The molecule has 3 heterocycles. The number of fused-ring (bicyclic) bond motifs is 1. The first-order valence-corrected chi connectivity index (χ1v) is 13.3. The molecule has 0 N–H and O–H groups in total. The van der Waals surface area contributed by atoms with E-state index in [1.165, 1.54) is 24.7 Å². The molecule has 3 aromatic rings. The maximum atomic E-state index is 11.6. The first-order chi connectivity index (χ1) is 16.0. The second-order valence-electron chi connectivity index (χ2n) is 9.47. The molecule has 1 unspecified atom stereocenters. The molecule has 3 atom stereocenters. The highest BCUT2D eigenvalue weighted by Crippen LogP contribution is 2.52. The van der Waals surface area contributed by atoms with Crippen LogP contribution in [0.5, 0.6) is 5.75 Å². The lowest BCUT2D eigenvalue weighted by Gasteiger charge is -2.20. The van der Waals surface area contributed by atoms with Crippen molar-refractivity contribution >= 4 is 15.8 Å². The molecule has 6 rings (SSSR count). The number of anilines is 1. The lowest BCUT2D eigenvalue weighted by atomic mass is 10.1. The topological polar surface area (TPSA) is 85.3 Å². The normalized spacial score (nSPS) is 23.9. The summed E-state index contributed by atoms with van der Waals surface area (Å²) in [4.78, 5) is 16.3. The average molecular weight is 463 g/mol. The molecule has 1 aliphatic heterocycles. The summed E-state index contributed by atoms with van der Waals surface area (Å²) in [5, 5.41) is 0. The Bertz CT molecular complexity index is 1240. The first kappa shape index (κ1) is 20.6. The van der Waals surface area contributed by atoms with Crippen LogP contribution in [0, 0.1) is 17.8 Å². The van der Waals surface area contributed by atoms with E-state index in [1.54, 1.807) is 30.5 Å². The zero-order valence-corrected chi connectivity index (χ0v) is 19.3. The van der Waals surface area contributed by atoms with E-state index in [-0.39, 0.29) is 0 Å². The zero-order chi connectivity index (χ0) is 22.6. The van der Waals surface area contributed by atoms with Crippen LogP contribution < -0.4 is 9.64 Å². The second kappa shape index (κ2) is 7.80. The van der Waals surface area contributed by atoms with E-state index >= 15 is 0 Å². The molecule has 3 aliphatic rings. The van der Waals surface area contributed by atoms with Crippen LogP contribution in [-0.2, 0) is 9.84 Å². The van der Waals surface area contributed by atoms with Crippen LogP contribution in [0.15, 0.2) is 59.9 Å². The summed E-state index contributed by atoms with van der Waals surface area (Å²) < 4.78 is 29.2. The van der Waals surface area contributed by atoms with Crippen LogP contribution >= 0.6 is 0 Å². The molecule has 2 aromatic heterocycles. The molecule has 2 saturated carbocycles. The molecule has 3 fully saturated rings. The van der Waals surface area contributed by atoms with Gasteiger partial charge >= 0.3 is 0 Å². The predicted molar refractivity (Wildman–Crippen MR) is 125 cm³/mol. The fourth-order valence-electron chi connectivity index (χ4n) is 4.88. The molecule has 0 amide bonds. The van der Waals surface area contributed by atoms with Crippen LogP contribution in [0.1, 0.15) is 24.3 Å². The molecular weight excluding hydrogens is 436 g/mol. The number of hydrogen-bond donors (Lipinski definition) is 0. The second-order valence-corrected chi connectivity index (χ2v) is 11.5. The largest absolute Gasteiger partial charge is 0.492 e. The Hall–Kier alpha value is -3.00. The number of pyridine rings is 1. The Labute approximate surface area is 193 Å². The van der Waals surface area contributed by atoms with Gasteiger partial charge in [0, 0.05) is 43.2 Å². The summed E-state index contributed by atoms with van der Waals surface area (Å²) in [6.07, 6.45) is 9.49. The van der Waals surface area contributed by atoms with Gasteiger partial charge in [-0.15, -0.1) is 0 Å². The number of hydrogen-bond acceptors (Lipinski definition) is 7. The van der Waals surface area contributed by atoms with Gasteiger partial charge in [0.1, 0.15) is 5.75 Å². The molecule has 0 radical (unpaired) electrons. The maximum Gasteiger partial charge on any atom is 0.225 e. The lowest BCUT2D eigenvalue weighted by molar-refractivity contribution is 0.282. The SMILES string of the molecule is CS(=O)(=O)c1ccc(-c2ccc(OC[C@@H]3C4CN(c5ncc(C6CC6)cn5)C[C@H]43)cn2)cc1. The minimum absolute atomic E-state index is 0.307. The maximum absolute atomic E-state index is 11.6. The van der Waals surface area contributed by atoms with Crippen molar-refractivity contribution in [2.24, 2.45) is 17.8 Å². The number of nitrogens with zero attached hydrogens (tertiary/aromatic N) is 4. The fourth-order valence-corrected chi connectivity index (χ4v) is 5.51. The number of rotatable bonds is 7. The number of piperidine rings is 1. The highest BCUT2D eigenvalue weighted by molar-refractivity contribution is 7.90. The van der Waals surface area contributed by atoms with E-state index < -0.39 is 9.84 Å². The molecule has 1 aromatic carbocycles. The minimum atomic E-state index is -3.20. The van der Waals surface area contributed by atoms with Gasteiger partial charge in [-0.05, 0) is 60.4 Å². The molecule has 1 saturated heterocycles. The van der Waals surface area contributed by atoms with Gasteiger partial charge in [-0.1, -0.05) is 12.1 Å². The number of aromatic nitrogens is 3. The lowest BCUT2D eigenvalue weighted by Crippen LogP contribution is -2.27. The van der Waals surface area contributed by atoms with Crippen molar-refractivity contribution in [3.63, 3.8) is 0 Å². The van der Waals surface area contributed by atoms with E-state index in [0.717, 1.165) is 36.0 Å². The molecule has 0 bridgehead atoms. The van der Waals surface area contributed by atoms with E-state index in [4.69, 9.17) is 4.74 Å². The van der Waals surface area contributed by atoms with Gasteiger partial charge in [-0.25, -0.2) is 18.4 Å². The summed E-state index contributed by atoms with van der Waals surface area (Å²) in [7, 11) is -3.20. The van der Waals surface area contributed by atoms with Gasteiger partial charge in [0.25, 0.3) is 0 Å². The Balaban J connectivity index is 1.01.